The van der Waals surface area contributed by atoms with Crippen LogP contribution in [0.2, 0.25) is 0 Å². The van der Waals surface area contributed by atoms with E-state index in [0.29, 0.717) is 0 Å². The summed E-state index contributed by atoms with van der Waals surface area (Å²) >= 11 is 0. The van der Waals surface area contributed by atoms with Crippen molar-refractivity contribution in [2.45, 2.75) is 6.92 Å². The van der Waals surface area contributed by atoms with Gasteiger partial charge in [-0.15, -0.1) is 0 Å². The molecule has 0 aliphatic heterocycles. The van der Waals surface area contributed by atoms with Crippen LogP contribution in [0.5, 0.6) is 0 Å². The van der Waals surface area contributed by atoms with Crippen LogP contribution in [0.3, 0.4) is 0 Å². The van der Waals surface area contributed by atoms with Crippen molar-refractivity contribution in [1.29, 1.82) is 0 Å². The first-order chi connectivity index (χ1) is 7.77. The largest absolute Gasteiger partial charge is 0.352 e. The van der Waals surface area contributed by atoms with Gasteiger partial charge in [-0.3, -0.25) is 0 Å². The van der Waals surface area contributed by atoms with E-state index in [0.717, 1.165) is 5.57 Å². The smallest absolute Gasteiger partial charge is 0.309 e. The maximum absolute atomic E-state index is 9.00. The standard InChI is InChI=1S/C9H10.2CH4N2O/c1-8(2)9-6-4-3-5-7-9;2*2-1(3)4/h3-7H,1H2,2H3;2*(H4,2,3,4). The number of carbonyl (C=O) groups excluding carboxylic acids is 2. The number of hydrogen-bond donors (Lipinski definition) is 4. The van der Waals surface area contributed by atoms with Crippen molar-refractivity contribution in [1.82, 2.24) is 0 Å². The SMILES string of the molecule is C=C(C)c1ccccc1.NC(N)=O.NC(N)=O. The molecule has 0 aliphatic rings. The number of benzene rings is 1. The third kappa shape index (κ3) is 19.8. The van der Waals surface area contributed by atoms with E-state index in [-0.39, 0.29) is 0 Å². The fourth-order valence-electron chi connectivity index (χ4n) is 0.723. The van der Waals surface area contributed by atoms with Crippen molar-refractivity contribution in [3.05, 3.63) is 42.5 Å². The Bertz CT molecular complexity index is 343. The van der Waals surface area contributed by atoms with Crippen molar-refractivity contribution in [3.8, 4) is 0 Å². The lowest BCUT2D eigenvalue weighted by Gasteiger charge is -1.94. The zero-order valence-electron chi connectivity index (χ0n) is 9.72. The molecule has 94 valence electrons. The molecular formula is C11H18N4O2. The van der Waals surface area contributed by atoms with E-state index in [1.807, 2.05) is 25.1 Å². The van der Waals surface area contributed by atoms with E-state index in [9.17, 15) is 0 Å². The highest BCUT2D eigenvalue weighted by Crippen LogP contribution is 2.08. The summed E-state index contributed by atoms with van der Waals surface area (Å²) in [5.41, 5.74) is 19.3. The Morgan fingerprint density at radius 3 is 1.41 bits per heavy atom. The number of amides is 4. The van der Waals surface area contributed by atoms with Crippen LogP contribution in [-0.2, 0) is 0 Å². The molecule has 0 radical (unpaired) electrons. The first-order valence-corrected chi connectivity index (χ1v) is 4.58. The topological polar surface area (TPSA) is 138 Å². The first kappa shape index (κ1) is 16.9. The van der Waals surface area contributed by atoms with Gasteiger partial charge in [-0.05, 0) is 12.5 Å². The van der Waals surface area contributed by atoms with Crippen LogP contribution in [0.25, 0.3) is 5.57 Å². The predicted molar refractivity (Wildman–Crippen MR) is 68.7 cm³/mol. The average molecular weight is 238 g/mol. The second kappa shape index (κ2) is 10.0. The molecule has 0 spiro atoms. The van der Waals surface area contributed by atoms with Crippen LogP contribution in [0.1, 0.15) is 12.5 Å². The molecule has 0 aliphatic carbocycles. The molecule has 1 aromatic carbocycles. The Morgan fingerprint density at radius 1 is 0.941 bits per heavy atom. The number of carbonyl (C=O) groups is 2. The van der Waals surface area contributed by atoms with Gasteiger partial charge in [-0.2, -0.15) is 0 Å². The summed E-state index contributed by atoms with van der Waals surface area (Å²) in [5.74, 6) is 0. The molecule has 0 atom stereocenters. The minimum atomic E-state index is -0.833. The van der Waals surface area contributed by atoms with Gasteiger partial charge < -0.3 is 22.9 Å². The first-order valence-electron chi connectivity index (χ1n) is 4.58. The molecule has 0 unspecified atom stereocenters. The lowest BCUT2D eigenvalue weighted by molar-refractivity contribution is 0.255. The number of rotatable bonds is 1. The Labute approximate surface area is 100 Å². The highest BCUT2D eigenvalue weighted by molar-refractivity contribution is 5.69. The van der Waals surface area contributed by atoms with Gasteiger partial charge in [0, 0.05) is 0 Å². The van der Waals surface area contributed by atoms with Gasteiger partial charge >= 0.3 is 12.1 Å². The summed E-state index contributed by atoms with van der Waals surface area (Å²) in [6.07, 6.45) is 0. The average Bonchev–Trinajstić information content (AvgIpc) is 2.17. The minimum Gasteiger partial charge on any atom is -0.352 e. The van der Waals surface area contributed by atoms with Gasteiger partial charge in [-0.25, -0.2) is 9.59 Å². The molecule has 0 fully saturated rings. The van der Waals surface area contributed by atoms with Crippen LogP contribution in [0.15, 0.2) is 36.9 Å². The molecule has 8 N–H and O–H groups in total. The molecule has 1 rings (SSSR count). The van der Waals surface area contributed by atoms with Gasteiger partial charge in [0.1, 0.15) is 0 Å². The van der Waals surface area contributed by atoms with Crippen molar-refractivity contribution in [2.24, 2.45) is 22.9 Å². The van der Waals surface area contributed by atoms with E-state index >= 15 is 0 Å². The minimum absolute atomic E-state index is 0.833. The van der Waals surface area contributed by atoms with Crippen LogP contribution in [0, 0.1) is 0 Å². The predicted octanol–water partition coefficient (Wildman–Crippen LogP) is 0.767. The third-order valence-electron chi connectivity index (χ3n) is 1.27. The van der Waals surface area contributed by atoms with Crippen LogP contribution in [-0.4, -0.2) is 12.1 Å². The number of primary amides is 4. The molecule has 17 heavy (non-hydrogen) atoms. The lowest BCUT2D eigenvalue weighted by Crippen LogP contribution is -2.18. The van der Waals surface area contributed by atoms with Gasteiger partial charge in [0.15, 0.2) is 0 Å². The molecule has 1 aromatic rings. The summed E-state index contributed by atoms with van der Waals surface area (Å²) in [4.78, 5) is 18.0. The molecule has 4 amide bonds. The van der Waals surface area contributed by atoms with Gasteiger partial charge in [-0.1, -0.05) is 42.5 Å². The second-order valence-electron chi connectivity index (χ2n) is 2.95. The van der Waals surface area contributed by atoms with Crippen molar-refractivity contribution >= 4 is 17.6 Å². The molecular weight excluding hydrogens is 220 g/mol. The molecule has 0 heterocycles. The summed E-state index contributed by atoms with van der Waals surface area (Å²) in [5, 5.41) is 0. The number of allylic oxidation sites excluding steroid dienone is 1. The summed E-state index contributed by atoms with van der Waals surface area (Å²) in [6, 6.07) is 8.49. The highest BCUT2D eigenvalue weighted by atomic mass is 16.2. The third-order valence-corrected chi connectivity index (χ3v) is 1.27. The van der Waals surface area contributed by atoms with Crippen molar-refractivity contribution < 1.29 is 9.59 Å². The lowest BCUT2D eigenvalue weighted by atomic mass is 10.1. The van der Waals surface area contributed by atoms with Crippen LogP contribution >= 0.6 is 0 Å². The second-order valence-corrected chi connectivity index (χ2v) is 2.95. The molecule has 0 aromatic heterocycles. The van der Waals surface area contributed by atoms with Crippen molar-refractivity contribution in [2.75, 3.05) is 0 Å². The van der Waals surface area contributed by atoms with Crippen molar-refractivity contribution in [3.63, 3.8) is 0 Å². The van der Waals surface area contributed by atoms with Gasteiger partial charge in [0.25, 0.3) is 0 Å². The summed E-state index contributed by atoms with van der Waals surface area (Å²) < 4.78 is 0. The summed E-state index contributed by atoms with van der Waals surface area (Å²) in [7, 11) is 0. The molecule has 6 nitrogen and oxygen atoms in total. The fourth-order valence-corrected chi connectivity index (χ4v) is 0.723. The maximum Gasteiger partial charge on any atom is 0.309 e. The number of urea groups is 2. The Hall–Kier alpha value is -2.50. The van der Waals surface area contributed by atoms with Gasteiger partial charge in [0.2, 0.25) is 0 Å². The van der Waals surface area contributed by atoms with Crippen LogP contribution in [0.4, 0.5) is 9.59 Å². The van der Waals surface area contributed by atoms with E-state index in [4.69, 9.17) is 9.59 Å². The summed E-state index contributed by atoms with van der Waals surface area (Å²) in [6.45, 7) is 5.83. The highest BCUT2D eigenvalue weighted by Gasteiger charge is 1.86. The number of nitrogens with two attached hydrogens (primary N) is 4. The molecule has 0 bridgehead atoms. The Balaban J connectivity index is 0. The fraction of sp³-hybridized carbons (Fsp3) is 0.0909. The van der Waals surface area contributed by atoms with E-state index in [2.05, 4.69) is 41.6 Å². The number of hydrogen-bond acceptors (Lipinski definition) is 2. The molecule has 6 heteroatoms. The zero-order valence-corrected chi connectivity index (χ0v) is 9.72. The molecule has 0 saturated heterocycles. The monoisotopic (exact) mass is 238 g/mol. The maximum atomic E-state index is 9.00. The van der Waals surface area contributed by atoms with E-state index in [1.54, 1.807) is 0 Å². The van der Waals surface area contributed by atoms with E-state index in [1.165, 1.54) is 5.56 Å². The zero-order chi connectivity index (χ0) is 13.8. The quantitative estimate of drug-likeness (QED) is 0.574. The Kier molecular flexibility index (Phi) is 9.98. The molecule has 0 saturated carbocycles. The Morgan fingerprint density at radius 2 is 1.24 bits per heavy atom. The van der Waals surface area contributed by atoms with Crippen LogP contribution < -0.4 is 22.9 Å². The van der Waals surface area contributed by atoms with Gasteiger partial charge in [0.05, 0.1) is 0 Å². The normalized spacial score (nSPS) is 7.59. The van der Waals surface area contributed by atoms with E-state index < -0.39 is 12.1 Å².